The van der Waals surface area contributed by atoms with Crippen LogP contribution < -0.4 is 0 Å². The molecule has 2 heterocycles. The first-order valence-corrected chi connectivity index (χ1v) is 8.27. The Morgan fingerprint density at radius 2 is 2.04 bits per heavy atom. The summed E-state index contributed by atoms with van der Waals surface area (Å²) in [5.41, 5.74) is 1.88. The van der Waals surface area contributed by atoms with E-state index in [0.29, 0.717) is 17.5 Å². The van der Waals surface area contributed by atoms with E-state index in [9.17, 15) is 4.79 Å². The van der Waals surface area contributed by atoms with Crippen LogP contribution in [0, 0.1) is 5.41 Å². The molecule has 1 aromatic carbocycles. The normalized spacial score (nSPS) is 18.4. The number of hydrogen-bond acceptors (Lipinski definition) is 3. The maximum atomic E-state index is 12.8. The summed E-state index contributed by atoms with van der Waals surface area (Å²) in [6.07, 6.45) is 3.15. The van der Waals surface area contributed by atoms with E-state index in [1.807, 2.05) is 35.2 Å². The molecule has 0 saturated carbocycles. The van der Waals surface area contributed by atoms with Gasteiger partial charge in [0.1, 0.15) is 5.69 Å². The average molecular weight is 312 g/mol. The lowest BCUT2D eigenvalue weighted by atomic mass is 9.87. The Labute approximate surface area is 137 Å². The third kappa shape index (κ3) is 3.63. The Kier molecular flexibility index (Phi) is 4.24. The van der Waals surface area contributed by atoms with Gasteiger partial charge >= 0.3 is 0 Å². The largest absolute Gasteiger partial charge is 0.350 e. The lowest BCUT2D eigenvalue weighted by molar-refractivity contribution is 0.0662. The molecule has 1 aliphatic rings. The van der Waals surface area contributed by atoms with Gasteiger partial charge in [0.2, 0.25) is 5.76 Å². The van der Waals surface area contributed by atoms with Crippen LogP contribution in [0.15, 0.2) is 40.9 Å². The SMILES string of the molecule is CC(C)(C)CC1CCCN1C(=O)c1cc(-c2ccccc2)no1. The zero-order valence-corrected chi connectivity index (χ0v) is 14.1. The van der Waals surface area contributed by atoms with E-state index in [2.05, 4.69) is 25.9 Å². The summed E-state index contributed by atoms with van der Waals surface area (Å²) in [6.45, 7) is 7.46. The van der Waals surface area contributed by atoms with Crippen LogP contribution >= 0.6 is 0 Å². The third-order valence-corrected chi connectivity index (χ3v) is 4.28. The lowest BCUT2D eigenvalue weighted by Crippen LogP contribution is -2.37. The van der Waals surface area contributed by atoms with Crippen LogP contribution in [0.5, 0.6) is 0 Å². The van der Waals surface area contributed by atoms with Gasteiger partial charge in [0.05, 0.1) is 0 Å². The minimum absolute atomic E-state index is 0.0357. The number of carbonyl (C=O) groups excluding carboxylic acids is 1. The first-order valence-electron chi connectivity index (χ1n) is 8.27. The van der Waals surface area contributed by atoms with Crippen LogP contribution in [0.3, 0.4) is 0 Å². The molecule has 122 valence electrons. The zero-order chi connectivity index (χ0) is 16.4. The molecule has 1 aromatic heterocycles. The topological polar surface area (TPSA) is 46.3 Å². The van der Waals surface area contributed by atoms with Crippen molar-refractivity contribution in [2.75, 3.05) is 6.54 Å². The van der Waals surface area contributed by atoms with Gasteiger partial charge in [-0.15, -0.1) is 0 Å². The van der Waals surface area contributed by atoms with Crippen molar-refractivity contribution >= 4 is 5.91 Å². The van der Waals surface area contributed by atoms with E-state index in [-0.39, 0.29) is 11.3 Å². The molecule has 1 saturated heterocycles. The van der Waals surface area contributed by atoms with Gasteiger partial charge in [-0.25, -0.2) is 0 Å². The highest BCUT2D eigenvalue weighted by atomic mass is 16.5. The second-order valence-corrected chi connectivity index (χ2v) is 7.50. The molecule has 1 atom stereocenters. The molecule has 0 N–H and O–H groups in total. The van der Waals surface area contributed by atoms with E-state index < -0.39 is 0 Å². The van der Waals surface area contributed by atoms with Crippen LogP contribution in [-0.4, -0.2) is 28.6 Å². The highest BCUT2D eigenvalue weighted by Gasteiger charge is 2.33. The van der Waals surface area contributed by atoms with E-state index in [1.54, 1.807) is 6.07 Å². The molecule has 1 amide bonds. The predicted molar refractivity (Wildman–Crippen MR) is 90.1 cm³/mol. The van der Waals surface area contributed by atoms with Gasteiger partial charge in [-0.1, -0.05) is 56.3 Å². The van der Waals surface area contributed by atoms with Crippen molar-refractivity contribution in [3.63, 3.8) is 0 Å². The Balaban J connectivity index is 1.77. The molecular formula is C19H24N2O2. The number of hydrogen-bond donors (Lipinski definition) is 0. The Morgan fingerprint density at radius 1 is 1.30 bits per heavy atom. The summed E-state index contributed by atoms with van der Waals surface area (Å²) in [5.74, 6) is 0.302. The molecule has 0 aliphatic carbocycles. The van der Waals surface area contributed by atoms with Gasteiger partial charge in [-0.05, 0) is 24.7 Å². The second kappa shape index (κ2) is 6.19. The van der Waals surface area contributed by atoms with Gasteiger partial charge < -0.3 is 9.42 Å². The van der Waals surface area contributed by atoms with Crippen LogP contribution in [0.25, 0.3) is 11.3 Å². The molecular weight excluding hydrogens is 288 g/mol. The summed E-state index contributed by atoms with van der Waals surface area (Å²) in [4.78, 5) is 14.7. The highest BCUT2D eigenvalue weighted by Crippen LogP contribution is 2.31. The van der Waals surface area contributed by atoms with Crippen molar-refractivity contribution in [2.24, 2.45) is 5.41 Å². The first-order chi connectivity index (χ1) is 10.9. The summed E-state index contributed by atoms with van der Waals surface area (Å²) < 4.78 is 5.33. The molecule has 0 radical (unpaired) electrons. The number of aromatic nitrogens is 1. The van der Waals surface area contributed by atoms with Gasteiger partial charge in [0.25, 0.3) is 5.91 Å². The lowest BCUT2D eigenvalue weighted by Gasteiger charge is -2.29. The van der Waals surface area contributed by atoms with Crippen molar-refractivity contribution in [3.8, 4) is 11.3 Å². The van der Waals surface area contributed by atoms with Gasteiger partial charge in [0.15, 0.2) is 0 Å². The smallest absolute Gasteiger partial charge is 0.292 e. The Bertz CT molecular complexity index is 670. The molecule has 4 nitrogen and oxygen atoms in total. The fraction of sp³-hybridized carbons (Fsp3) is 0.474. The Hall–Kier alpha value is -2.10. The Morgan fingerprint density at radius 3 is 2.74 bits per heavy atom. The maximum Gasteiger partial charge on any atom is 0.292 e. The minimum atomic E-state index is -0.0357. The fourth-order valence-corrected chi connectivity index (χ4v) is 3.28. The number of benzene rings is 1. The quantitative estimate of drug-likeness (QED) is 0.845. The minimum Gasteiger partial charge on any atom is -0.350 e. The van der Waals surface area contributed by atoms with E-state index >= 15 is 0 Å². The second-order valence-electron chi connectivity index (χ2n) is 7.50. The summed E-state index contributed by atoms with van der Waals surface area (Å²) in [6, 6.07) is 11.8. The van der Waals surface area contributed by atoms with Crippen LogP contribution in [0.4, 0.5) is 0 Å². The molecule has 23 heavy (non-hydrogen) atoms. The van der Waals surface area contributed by atoms with Crippen LogP contribution in [0.1, 0.15) is 50.6 Å². The molecule has 2 aromatic rings. The highest BCUT2D eigenvalue weighted by molar-refractivity contribution is 5.92. The van der Waals surface area contributed by atoms with E-state index in [4.69, 9.17) is 4.52 Å². The molecule has 1 fully saturated rings. The van der Waals surface area contributed by atoms with Gasteiger partial charge in [0, 0.05) is 24.2 Å². The van der Waals surface area contributed by atoms with Crippen molar-refractivity contribution < 1.29 is 9.32 Å². The van der Waals surface area contributed by atoms with Crippen molar-refractivity contribution in [3.05, 3.63) is 42.2 Å². The molecule has 4 heteroatoms. The molecule has 0 spiro atoms. The van der Waals surface area contributed by atoms with Crippen molar-refractivity contribution in [1.82, 2.24) is 10.1 Å². The van der Waals surface area contributed by atoms with Crippen molar-refractivity contribution in [2.45, 2.75) is 46.1 Å². The van der Waals surface area contributed by atoms with E-state index in [1.165, 1.54) is 0 Å². The molecule has 1 unspecified atom stereocenters. The van der Waals surface area contributed by atoms with Crippen molar-refractivity contribution in [1.29, 1.82) is 0 Å². The molecule has 0 bridgehead atoms. The van der Waals surface area contributed by atoms with Crippen LogP contribution in [-0.2, 0) is 0 Å². The van der Waals surface area contributed by atoms with Gasteiger partial charge in [-0.3, -0.25) is 4.79 Å². The predicted octanol–water partition coefficient (Wildman–Crippen LogP) is 4.38. The average Bonchev–Trinajstić information content (AvgIpc) is 3.15. The summed E-state index contributed by atoms with van der Waals surface area (Å²) >= 11 is 0. The number of nitrogens with zero attached hydrogens (tertiary/aromatic N) is 2. The standard InChI is InChI=1S/C19H24N2O2/c1-19(2,3)13-15-10-7-11-21(15)18(22)17-12-16(20-23-17)14-8-5-4-6-9-14/h4-6,8-9,12,15H,7,10-11,13H2,1-3H3. The maximum absolute atomic E-state index is 12.8. The zero-order valence-electron chi connectivity index (χ0n) is 14.1. The fourth-order valence-electron chi connectivity index (χ4n) is 3.28. The molecule has 1 aliphatic heterocycles. The first kappa shape index (κ1) is 15.8. The van der Waals surface area contributed by atoms with Crippen LogP contribution in [0.2, 0.25) is 0 Å². The number of amides is 1. The van der Waals surface area contributed by atoms with E-state index in [0.717, 1.165) is 31.4 Å². The molecule has 3 rings (SSSR count). The number of likely N-dealkylation sites (tertiary alicyclic amines) is 1. The summed E-state index contributed by atoms with van der Waals surface area (Å²) in [5, 5.41) is 4.06. The number of rotatable bonds is 3. The third-order valence-electron chi connectivity index (χ3n) is 4.28. The monoisotopic (exact) mass is 312 g/mol. The number of carbonyl (C=O) groups is 1. The summed E-state index contributed by atoms with van der Waals surface area (Å²) in [7, 11) is 0. The van der Waals surface area contributed by atoms with Gasteiger partial charge in [-0.2, -0.15) is 0 Å².